The maximum absolute atomic E-state index is 3.50. The molecule has 1 aromatic carbocycles. The van der Waals surface area contributed by atoms with E-state index in [1.807, 2.05) is 0 Å². The smallest absolute Gasteiger partial charge is 0.0393 e. The fourth-order valence-electron chi connectivity index (χ4n) is 2.87. The molecule has 0 aliphatic heterocycles. The van der Waals surface area contributed by atoms with Gasteiger partial charge < -0.3 is 4.90 Å². The zero-order valence-electron chi connectivity index (χ0n) is 14.0. The summed E-state index contributed by atoms with van der Waals surface area (Å²) in [6, 6.07) is 11.3. The van der Waals surface area contributed by atoms with Crippen molar-refractivity contribution < 1.29 is 0 Å². The summed E-state index contributed by atoms with van der Waals surface area (Å²) < 4.78 is 0. The molecule has 0 aromatic heterocycles. The van der Waals surface area contributed by atoms with Gasteiger partial charge in [-0.15, -0.1) is 5.73 Å². The number of likely N-dealkylation sites (N-methyl/N-ethyl adjacent to an activating group) is 1. The lowest BCUT2D eigenvalue weighted by molar-refractivity contribution is 0.355. The molecule has 0 heterocycles. The Morgan fingerprint density at radius 1 is 1.13 bits per heavy atom. The minimum absolute atomic E-state index is 0.373. The van der Waals surface area contributed by atoms with Crippen molar-refractivity contribution in [2.75, 3.05) is 14.1 Å². The second kappa shape index (κ2) is 7.28. The fourth-order valence-corrected chi connectivity index (χ4v) is 5.49. The van der Waals surface area contributed by atoms with Crippen molar-refractivity contribution in [2.45, 2.75) is 19.4 Å². The summed E-state index contributed by atoms with van der Waals surface area (Å²) in [6.07, 6.45) is 14.3. The third kappa shape index (κ3) is 3.48. The molecule has 0 amide bonds. The largest absolute Gasteiger partial charge is 0.302 e. The second-order valence-corrected chi connectivity index (χ2v) is 8.31. The van der Waals surface area contributed by atoms with Gasteiger partial charge in [0.15, 0.2) is 0 Å². The van der Waals surface area contributed by atoms with E-state index >= 15 is 0 Å². The highest BCUT2D eigenvalue weighted by Crippen LogP contribution is 2.57. The van der Waals surface area contributed by atoms with Gasteiger partial charge in [-0.2, -0.15) is 0 Å². The van der Waals surface area contributed by atoms with Gasteiger partial charge in [0, 0.05) is 18.0 Å². The van der Waals surface area contributed by atoms with Crippen LogP contribution >= 0.6 is 7.92 Å². The predicted octanol–water partition coefficient (Wildman–Crippen LogP) is 4.77. The van der Waals surface area contributed by atoms with Crippen molar-refractivity contribution in [1.29, 1.82) is 0 Å². The number of hydrogen-bond donors (Lipinski definition) is 0. The molecule has 0 spiro atoms. The van der Waals surface area contributed by atoms with Crippen LogP contribution in [0.4, 0.5) is 0 Å². The van der Waals surface area contributed by atoms with Crippen LogP contribution in [-0.2, 0) is 0 Å². The van der Waals surface area contributed by atoms with Crippen LogP contribution in [0.1, 0.15) is 13.3 Å². The van der Waals surface area contributed by atoms with Crippen LogP contribution in [0.2, 0.25) is 0 Å². The molecule has 1 radical (unpaired) electrons. The van der Waals surface area contributed by atoms with Gasteiger partial charge in [-0.1, -0.05) is 48.6 Å². The Balaban J connectivity index is 2.00. The summed E-state index contributed by atoms with van der Waals surface area (Å²) in [5.41, 5.74) is 4.83. The number of allylic oxidation sites excluding steroid dienone is 5. The minimum atomic E-state index is -0.489. The molecule has 2 aliphatic carbocycles. The molecule has 2 atom stereocenters. The first-order valence-electron chi connectivity index (χ1n) is 8.06. The molecule has 1 nitrogen and oxygen atoms in total. The van der Waals surface area contributed by atoms with Crippen molar-refractivity contribution in [2.24, 2.45) is 0 Å². The molecular formula is C21H23NP. The van der Waals surface area contributed by atoms with Gasteiger partial charge in [0.2, 0.25) is 0 Å². The topological polar surface area (TPSA) is 3.24 Å². The van der Waals surface area contributed by atoms with E-state index in [-0.39, 0.29) is 0 Å². The van der Waals surface area contributed by atoms with Crippen LogP contribution in [0.25, 0.3) is 0 Å². The number of benzene rings is 1. The average Bonchev–Trinajstić information content (AvgIpc) is 3.05. The average molecular weight is 320 g/mol. The lowest BCUT2D eigenvalue weighted by Crippen LogP contribution is -2.27. The van der Waals surface area contributed by atoms with Crippen LogP contribution in [0.15, 0.2) is 82.6 Å². The third-order valence-corrected chi connectivity index (χ3v) is 6.95. The molecule has 1 aromatic rings. The summed E-state index contributed by atoms with van der Waals surface area (Å²) in [6.45, 7) is 2.26. The Kier molecular flexibility index (Phi) is 5.13. The van der Waals surface area contributed by atoms with Gasteiger partial charge in [0.05, 0.1) is 0 Å². The molecule has 0 saturated carbocycles. The SMILES string of the molecule is C[C@H](C1=C=CC=C1P(C1=C[CH]C=CC1)c1ccccc1)N(C)C. The first kappa shape index (κ1) is 16.2. The van der Waals surface area contributed by atoms with E-state index in [0.29, 0.717) is 6.04 Å². The molecule has 0 N–H and O–H groups in total. The number of hydrogen-bond acceptors (Lipinski definition) is 1. The molecule has 0 saturated heterocycles. The maximum atomic E-state index is 3.50. The second-order valence-electron chi connectivity index (χ2n) is 6.07. The first-order chi connectivity index (χ1) is 11.2. The molecular weight excluding hydrogens is 297 g/mol. The summed E-state index contributed by atoms with van der Waals surface area (Å²) in [7, 11) is 3.78. The molecule has 1 unspecified atom stereocenters. The van der Waals surface area contributed by atoms with E-state index in [4.69, 9.17) is 0 Å². The Morgan fingerprint density at radius 2 is 1.91 bits per heavy atom. The van der Waals surface area contributed by atoms with Gasteiger partial charge in [-0.3, -0.25) is 0 Å². The van der Waals surface area contributed by atoms with Crippen molar-refractivity contribution >= 4 is 13.2 Å². The third-order valence-electron chi connectivity index (χ3n) is 4.35. The first-order valence-corrected chi connectivity index (χ1v) is 9.40. The standard InChI is InChI=1S/C21H23NP/c1-17(22(2)3)20-15-10-16-21(20)23(18-11-6-4-7-12-18)19-13-8-5-9-14-19/h4-13,16-17H,14H2,1-3H3/t17-,23?/m1/s1. The number of nitrogens with zero attached hydrogens (tertiary/aromatic N) is 1. The van der Waals surface area contributed by atoms with Crippen molar-refractivity contribution in [1.82, 2.24) is 4.90 Å². The normalized spacial score (nSPS) is 19.4. The highest BCUT2D eigenvalue weighted by atomic mass is 31.1. The van der Waals surface area contributed by atoms with E-state index in [1.54, 1.807) is 0 Å². The van der Waals surface area contributed by atoms with Crippen molar-refractivity contribution in [3.05, 3.63) is 89.1 Å². The van der Waals surface area contributed by atoms with Crippen LogP contribution in [0, 0.1) is 6.42 Å². The molecule has 2 heteroatoms. The number of rotatable bonds is 5. The van der Waals surface area contributed by atoms with E-state index in [9.17, 15) is 0 Å². The molecule has 117 valence electrons. The molecule has 2 aliphatic rings. The summed E-state index contributed by atoms with van der Waals surface area (Å²) >= 11 is 0. The Hall–Kier alpha value is -1.65. The summed E-state index contributed by atoms with van der Waals surface area (Å²) in [5, 5.41) is 4.38. The van der Waals surface area contributed by atoms with Crippen LogP contribution < -0.4 is 5.30 Å². The zero-order chi connectivity index (χ0) is 16.2. The van der Waals surface area contributed by atoms with Crippen LogP contribution in [-0.4, -0.2) is 25.0 Å². The van der Waals surface area contributed by atoms with Crippen LogP contribution in [0.3, 0.4) is 0 Å². The minimum Gasteiger partial charge on any atom is -0.302 e. The Labute approximate surface area is 141 Å². The van der Waals surface area contributed by atoms with E-state index in [2.05, 4.69) is 98.8 Å². The Bertz CT molecular complexity index is 715. The van der Waals surface area contributed by atoms with Crippen LogP contribution in [0.5, 0.6) is 0 Å². The highest BCUT2D eigenvalue weighted by Gasteiger charge is 2.27. The van der Waals surface area contributed by atoms with Crippen molar-refractivity contribution in [3.63, 3.8) is 0 Å². The lowest BCUT2D eigenvalue weighted by Gasteiger charge is -2.29. The summed E-state index contributed by atoms with van der Waals surface area (Å²) in [4.78, 5) is 2.26. The van der Waals surface area contributed by atoms with Gasteiger partial charge >= 0.3 is 0 Å². The molecule has 23 heavy (non-hydrogen) atoms. The molecule has 0 fully saturated rings. The van der Waals surface area contributed by atoms with Gasteiger partial charge in [0.25, 0.3) is 0 Å². The van der Waals surface area contributed by atoms with E-state index in [1.165, 1.54) is 21.5 Å². The predicted molar refractivity (Wildman–Crippen MR) is 102 cm³/mol. The summed E-state index contributed by atoms with van der Waals surface area (Å²) in [5.74, 6) is 0. The quantitative estimate of drug-likeness (QED) is 0.558. The van der Waals surface area contributed by atoms with Gasteiger partial charge in [-0.25, -0.2) is 0 Å². The molecule has 0 bridgehead atoms. The fraction of sp³-hybridized carbons (Fsp3) is 0.238. The van der Waals surface area contributed by atoms with Crippen molar-refractivity contribution in [3.8, 4) is 0 Å². The van der Waals surface area contributed by atoms with Gasteiger partial charge in [-0.05, 0) is 63.4 Å². The van der Waals surface area contributed by atoms with E-state index < -0.39 is 7.92 Å². The highest BCUT2D eigenvalue weighted by molar-refractivity contribution is 7.74. The lowest BCUT2D eigenvalue weighted by atomic mass is 10.1. The molecule has 3 rings (SSSR count). The maximum Gasteiger partial charge on any atom is 0.0393 e. The van der Waals surface area contributed by atoms with Gasteiger partial charge in [0.1, 0.15) is 0 Å². The van der Waals surface area contributed by atoms with E-state index in [0.717, 1.165) is 6.42 Å². The Morgan fingerprint density at radius 3 is 2.57 bits per heavy atom. The monoisotopic (exact) mass is 320 g/mol. The zero-order valence-corrected chi connectivity index (χ0v) is 14.9.